The van der Waals surface area contributed by atoms with Gasteiger partial charge in [0.25, 0.3) is 0 Å². The molecule has 0 aliphatic heterocycles. The van der Waals surface area contributed by atoms with Crippen LogP contribution in [0.3, 0.4) is 0 Å². The largest absolute Gasteiger partial charge is 0.465 e. The predicted molar refractivity (Wildman–Crippen MR) is 82.1 cm³/mol. The number of ether oxygens (including phenoxy) is 2. The van der Waals surface area contributed by atoms with Crippen LogP contribution in [0.4, 0.5) is 9.80 Å². The molecule has 1 aliphatic rings. The van der Waals surface area contributed by atoms with Crippen LogP contribution in [0.1, 0.15) is 47.5 Å². The maximum absolute atomic E-state index is 12.1. The fraction of sp³-hybridized carbons (Fsp3) is 0.600. The molecule has 1 aromatic rings. The third-order valence-corrected chi connectivity index (χ3v) is 5.00. The number of amides is 1. The van der Waals surface area contributed by atoms with Gasteiger partial charge in [-0.05, 0) is 37.7 Å². The smallest absolute Gasteiger partial charge is 0.412 e. The Morgan fingerprint density at radius 2 is 2.14 bits per heavy atom. The van der Waals surface area contributed by atoms with Gasteiger partial charge in [-0.2, -0.15) is 0 Å². The van der Waals surface area contributed by atoms with E-state index < -0.39 is 12.1 Å². The van der Waals surface area contributed by atoms with Crippen LogP contribution in [0.15, 0.2) is 0 Å². The molecule has 1 aromatic heterocycles. The molecule has 5 nitrogen and oxygen atoms in total. The van der Waals surface area contributed by atoms with E-state index in [2.05, 4.69) is 12.2 Å². The highest BCUT2D eigenvalue weighted by atomic mass is 32.1. The lowest BCUT2D eigenvalue weighted by Gasteiger charge is -2.20. The molecule has 1 heterocycles. The summed E-state index contributed by atoms with van der Waals surface area (Å²) in [7, 11) is 1.36. The van der Waals surface area contributed by atoms with Crippen LogP contribution < -0.4 is 5.32 Å². The molecule has 0 saturated heterocycles. The van der Waals surface area contributed by atoms with Gasteiger partial charge in [0.1, 0.15) is 5.00 Å². The van der Waals surface area contributed by atoms with Crippen molar-refractivity contribution in [2.24, 2.45) is 5.92 Å². The Morgan fingerprint density at radius 1 is 1.38 bits per heavy atom. The summed E-state index contributed by atoms with van der Waals surface area (Å²) in [5.41, 5.74) is 1.53. The summed E-state index contributed by atoms with van der Waals surface area (Å²) in [4.78, 5) is 24.9. The number of nitrogens with one attached hydrogen (secondary N) is 1. The quantitative estimate of drug-likeness (QED) is 0.863. The van der Waals surface area contributed by atoms with Crippen molar-refractivity contribution in [3.63, 3.8) is 0 Å². The number of fused-ring (bicyclic) bond motifs is 1. The maximum Gasteiger partial charge on any atom is 0.412 e. The molecule has 0 radical (unpaired) electrons. The zero-order valence-electron chi connectivity index (χ0n) is 12.7. The Hall–Kier alpha value is -1.56. The second-order valence-corrected chi connectivity index (χ2v) is 6.17. The van der Waals surface area contributed by atoms with E-state index in [-0.39, 0.29) is 0 Å². The van der Waals surface area contributed by atoms with Crippen LogP contribution >= 0.6 is 11.3 Å². The Morgan fingerprint density at radius 3 is 2.76 bits per heavy atom. The van der Waals surface area contributed by atoms with E-state index in [1.54, 1.807) is 6.92 Å². The lowest BCUT2D eigenvalue weighted by Crippen LogP contribution is -2.17. The van der Waals surface area contributed by atoms with Gasteiger partial charge in [-0.1, -0.05) is 13.3 Å². The zero-order chi connectivity index (χ0) is 15.4. The molecular formula is C15H21NO4S. The first-order valence-electron chi connectivity index (χ1n) is 7.27. The molecule has 116 valence electrons. The minimum absolute atomic E-state index is 0.294. The molecule has 21 heavy (non-hydrogen) atoms. The molecule has 6 heteroatoms. The van der Waals surface area contributed by atoms with Gasteiger partial charge in [-0.25, -0.2) is 9.59 Å². The van der Waals surface area contributed by atoms with Crippen LogP contribution in [0.25, 0.3) is 0 Å². The monoisotopic (exact) mass is 311 g/mol. The van der Waals surface area contributed by atoms with Gasteiger partial charge < -0.3 is 9.47 Å². The van der Waals surface area contributed by atoms with Gasteiger partial charge in [-0.3, -0.25) is 5.32 Å². The molecule has 0 fully saturated rings. The zero-order valence-corrected chi connectivity index (χ0v) is 13.5. The molecule has 1 aliphatic carbocycles. The molecule has 1 amide bonds. The normalized spacial score (nSPS) is 17.0. The number of rotatable bonds is 4. The van der Waals surface area contributed by atoms with Gasteiger partial charge in [0.15, 0.2) is 0 Å². The number of esters is 1. The van der Waals surface area contributed by atoms with Crippen molar-refractivity contribution in [3.05, 3.63) is 16.0 Å². The molecule has 0 saturated carbocycles. The lowest BCUT2D eigenvalue weighted by atomic mass is 9.86. The molecule has 2 rings (SSSR count). The predicted octanol–water partition coefficient (Wildman–Crippen LogP) is 3.62. The third-order valence-electron chi connectivity index (χ3n) is 3.83. The average molecular weight is 311 g/mol. The number of hydrogen-bond donors (Lipinski definition) is 1. The van der Waals surface area contributed by atoms with Gasteiger partial charge >= 0.3 is 12.1 Å². The number of methoxy groups -OCH3 is 1. The van der Waals surface area contributed by atoms with Crippen LogP contribution in [0.2, 0.25) is 0 Å². The topological polar surface area (TPSA) is 64.6 Å². The van der Waals surface area contributed by atoms with Crippen molar-refractivity contribution in [1.82, 2.24) is 0 Å². The van der Waals surface area contributed by atoms with Crippen LogP contribution in [0.5, 0.6) is 0 Å². The van der Waals surface area contributed by atoms with E-state index in [0.29, 0.717) is 23.1 Å². The second-order valence-electron chi connectivity index (χ2n) is 5.06. The van der Waals surface area contributed by atoms with Crippen molar-refractivity contribution in [2.75, 3.05) is 19.0 Å². The first-order valence-corrected chi connectivity index (χ1v) is 8.08. The summed E-state index contributed by atoms with van der Waals surface area (Å²) in [6.07, 6.45) is 3.49. The summed E-state index contributed by atoms with van der Waals surface area (Å²) in [5.74, 6) is 0.256. The Balaban J connectivity index is 2.33. The maximum atomic E-state index is 12.1. The minimum atomic E-state index is -0.534. The summed E-state index contributed by atoms with van der Waals surface area (Å²) < 4.78 is 9.76. The van der Waals surface area contributed by atoms with E-state index in [9.17, 15) is 9.59 Å². The summed E-state index contributed by atoms with van der Waals surface area (Å²) in [5, 5.41) is 3.22. The molecule has 1 atom stereocenters. The fourth-order valence-electron chi connectivity index (χ4n) is 2.67. The van der Waals surface area contributed by atoms with Crippen molar-refractivity contribution >= 4 is 28.4 Å². The van der Waals surface area contributed by atoms with E-state index in [4.69, 9.17) is 9.47 Å². The van der Waals surface area contributed by atoms with Crippen molar-refractivity contribution < 1.29 is 19.1 Å². The van der Waals surface area contributed by atoms with Crippen molar-refractivity contribution in [1.29, 1.82) is 0 Å². The van der Waals surface area contributed by atoms with Crippen LogP contribution in [-0.4, -0.2) is 25.8 Å². The summed E-state index contributed by atoms with van der Waals surface area (Å²) in [6.45, 7) is 4.22. The van der Waals surface area contributed by atoms with Gasteiger partial charge in [0, 0.05) is 4.88 Å². The molecule has 1 unspecified atom stereocenters. The highest BCUT2D eigenvalue weighted by Gasteiger charge is 2.29. The van der Waals surface area contributed by atoms with Gasteiger partial charge in [0.05, 0.1) is 19.3 Å². The average Bonchev–Trinajstić information content (AvgIpc) is 2.83. The first kappa shape index (κ1) is 15.8. The number of thiophene rings is 1. The molecule has 0 bridgehead atoms. The standard InChI is InChI=1S/C15H21NO4S/c1-4-9-6-7-10-11(8-9)21-13(12(10)14(17)19-3)16-15(18)20-5-2/h9H,4-8H2,1-3H3,(H,16,18). The minimum Gasteiger partial charge on any atom is -0.465 e. The van der Waals surface area contributed by atoms with E-state index in [1.165, 1.54) is 23.3 Å². The van der Waals surface area contributed by atoms with Crippen molar-refractivity contribution in [2.45, 2.75) is 39.5 Å². The lowest BCUT2D eigenvalue weighted by molar-refractivity contribution is 0.0601. The molecule has 1 N–H and O–H groups in total. The SMILES string of the molecule is CCOC(=O)Nc1sc2c(c1C(=O)OC)CCC(CC)C2. The van der Waals surface area contributed by atoms with Gasteiger partial charge in [0.2, 0.25) is 0 Å². The molecule has 0 spiro atoms. The molecule has 0 aromatic carbocycles. The summed E-state index contributed by atoms with van der Waals surface area (Å²) >= 11 is 1.47. The highest BCUT2D eigenvalue weighted by molar-refractivity contribution is 7.17. The van der Waals surface area contributed by atoms with E-state index >= 15 is 0 Å². The van der Waals surface area contributed by atoms with Crippen LogP contribution in [-0.2, 0) is 22.3 Å². The van der Waals surface area contributed by atoms with E-state index in [0.717, 1.165) is 31.2 Å². The Kier molecular flexibility index (Phi) is 5.22. The number of carbonyl (C=O) groups excluding carboxylic acids is 2. The molecular weight excluding hydrogens is 290 g/mol. The van der Waals surface area contributed by atoms with Crippen LogP contribution in [0, 0.1) is 5.92 Å². The Bertz CT molecular complexity index is 538. The Labute approximate surface area is 128 Å². The number of anilines is 1. The van der Waals surface area contributed by atoms with Crippen molar-refractivity contribution in [3.8, 4) is 0 Å². The number of carbonyl (C=O) groups is 2. The third kappa shape index (κ3) is 3.37. The number of hydrogen-bond acceptors (Lipinski definition) is 5. The van der Waals surface area contributed by atoms with E-state index in [1.807, 2.05) is 0 Å². The van der Waals surface area contributed by atoms with Gasteiger partial charge in [-0.15, -0.1) is 11.3 Å². The second kappa shape index (κ2) is 6.93. The first-order chi connectivity index (χ1) is 10.1. The highest BCUT2D eigenvalue weighted by Crippen LogP contribution is 2.40. The summed E-state index contributed by atoms with van der Waals surface area (Å²) in [6, 6.07) is 0. The fourth-order valence-corrected chi connectivity index (χ4v) is 4.00.